The van der Waals surface area contributed by atoms with E-state index in [4.69, 9.17) is 5.73 Å². The number of carbonyl (C=O) groups excluding carboxylic acids is 2. The van der Waals surface area contributed by atoms with Gasteiger partial charge in [0.25, 0.3) is 0 Å². The van der Waals surface area contributed by atoms with Crippen molar-refractivity contribution >= 4 is 23.2 Å². The molecular formula is C16H21N3O2. The van der Waals surface area contributed by atoms with Gasteiger partial charge >= 0.3 is 0 Å². The summed E-state index contributed by atoms with van der Waals surface area (Å²) in [5.41, 5.74) is 7.39. The molecule has 0 radical (unpaired) electrons. The van der Waals surface area contributed by atoms with Crippen molar-refractivity contribution in [3.63, 3.8) is 0 Å². The third-order valence-corrected chi connectivity index (χ3v) is 4.37. The Bertz CT molecular complexity index is 558. The van der Waals surface area contributed by atoms with Crippen LogP contribution in [0.2, 0.25) is 0 Å². The number of rotatable bonds is 3. The molecule has 2 aliphatic rings. The van der Waals surface area contributed by atoms with Crippen LogP contribution in [0.25, 0.3) is 0 Å². The van der Waals surface area contributed by atoms with Gasteiger partial charge in [-0.2, -0.15) is 0 Å². The molecule has 2 unspecified atom stereocenters. The van der Waals surface area contributed by atoms with Crippen LogP contribution in [0.4, 0.5) is 11.4 Å². The van der Waals surface area contributed by atoms with E-state index < -0.39 is 0 Å². The Hall–Kier alpha value is -1.88. The molecule has 3 N–H and O–H groups in total. The standard InChI is InChI=1S/C16H21N3O2/c17-12-8-7-11(10-12)16(21)18-13-4-1-2-5-14(13)19-9-3-6-15(19)20/h1-2,4-5,11-12H,3,6-10,17H2,(H,18,21). The molecule has 2 fully saturated rings. The first kappa shape index (κ1) is 14.1. The number of amides is 2. The normalized spacial score (nSPS) is 25.4. The second-order valence-corrected chi connectivity index (χ2v) is 5.93. The number of para-hydroxylation sites is 2. The second kappa shape index (κ2) is 5.85. The number of hydrogen-bond donors (Lipinski definition) is 2. The summed E-state index contributed by atoms with van der Waals surface area (Å²) in [4.78, 5) is 26.0. The first-order chi connectivity index (χ1) is 10.1. The predicted molar refractivity (Wildman–Crippen MR) is 82.0 cm³/mol. The van der Waals surface area contributed by atoms with Gasteiger partial charge in [0.05, 0.1) is 11.4 Å². The first-order valence-electron chi connectivity index (χ1n) is 7.61. The lowest BCUT2D eigenvalue weighted by molar-refractivity contribution is -0.120. The molecular weight excluding hydrogens is 266 g/mol. The minimum absolute atomic E-state index is 0.0117. The molecule has 5 nitrogen and oxygen atoms in total. The summed E-state index contributed by atoms with van der Waals surface area (Å²) in [5.74, 6) is 0.129. The molecule has 1 aliphatic heterocycles. The van der Waals surface area contributed by atoms with E-state index in [2.05, 4.69) is 5.32 Å². The zero-order valence-electron chi connectivity index (χ0n) is 12.0. The summed E-state index contributed by atoms with van der Waals surface area (Å²) in [6.07, 6.45) is 3.96. The Labute approximate surface area is 124 Å². The van der Waals surface area contributed by atoms with E-state index in [0.717, 1.165) is 43.6 Å². The molecule has 112 valence electrons. The fourth-order valence-corrected chi connectivity index (χ4v) is 3.21. The van der Waals surface area contributed by atoms with Crippen molar-refractivity contribution in [2.24, 2.45) is 11.7 Å². The SMILES string of the molecule is NC1CCC(C(=O)Nc2ccccc2N2CCCC2=O)C1. The van der Waals surface area contributed by atoms with Crippen molar-refractivity contribution in [2.75, 3.05) is 16.8 Å². The molecule has 0 bridgehead atoms. The molecule has 0 aromatic heterocycles. The maximum absolute atomic E-state index is 12.3. The lowest BCUT2D eigenvalue weighted by Crippen LogP contribution is -2.27. The van der Waals surface area contributed by atoms with Gasteiger partial charge in [0.15, 0.2) is 0 Å². The lowest BCUT2D eigenvalue weighted by Gasteiger charge is -2.21. The monoisotopic (exact) mass is 287 g/mol. The summed E-state index contributed by atoms with van der Waals surface area (Å²) in [6, 6.07) is 7.64. The minimum Gasteiger partial charge on any atom is -0.328 e. The van der Waals surface area contributed by atoms with Gasteiger partial charge in [-0.3, -0.25) is 9.59 Å². The number of benzene rings is 1. The first-order valence-corrected chi connectivity index (χ1v) is 7.61. The van der Waals surface area contributed by atoms with Crippen LogP contribution in [-0.2, 0) is 9.59 Å². The van der Waals surface area contributed by atoms with Gasteiger partial charge in [-0.05, 0) is 37.8 Å². The summed E-state index contributed by atoms with van der Waals surface area (Å²) in [6.45, 7) is 0.722. The van der Waals surface area contributed by atoms with Gasteiger partial charge in [0.1, 0.15) is 0 Å². The van der Waals surface area contributed by atoms with Crippen LogP contribution in [0.3, 0.4) is 0 Å². The lowest BCUT2D eigenvalue weighted by atomic mass is 10.1. The summed E-state index contributed by atoms with van der Waals surface area (Å²) >= 11 is 0. The molecule has 21 heavy (non-hydrogen) atoms. The minimum atomic E-state index is -0.0117. The molecule has 5 heteroatoms. The highest BCUT2D eigenvalue weighted by molar-refractivity contribution is 6.02. The van der Waals surface area contributed by atoms with E-state index in [1.54, 1.807) is 4.90 Å². The van der Waals surface area contributed by atoms with Crippen LogP contribution in [0.1, 0.15) is 32.1 Å². The number of nitrogens with one attached hydrogen (secondary N) is 1. The van der Waals surface area contributed by atoms with Gasteiger partial charge < -0.3 is 16.0 Å². The average molecular weight is 287 g/mol. The van der Waals surface area contributed by atoms with Crippen molar-refractivity contribution in [3.8, 4) is 0 Å². The zero-order valence-corrected chi connectivity index (χ0v) is 12.0. The van der Waals surface area contributed by atoms with Gasteiger partial charge in [0.2, 0.25) is 11.8 Å². The van der Waals surface area contributed by atoms with E-state index >= 15 is 0 Å². The highest BCUT2D eigenvalue weighted by atomic mass is 16.2. The van der Waals surface area contributed by atoms with Crippen LogP contribution >= 0.6 is 0 Å². The molecule has 2 atom stereocenters. The Kier molecular flexibility index (Phi) is 3.92. The van der Waals surface area contributed by atoms with E-state index in [1.165, 1.54) is 0 Å². The van der Waals surface area contributed by atoms with Crippen LogP contribution < -0.4 is 16.0 Å². The van der Waals surface area contributed by atoms with Crippen molar-refractivity contribution in [2.45, 2.75) is 38.1 Å². The van der Waals surface area contributed by atoms with E-state index in [1.807, 2.05) is 24.3 Å². The molecule has 1 aromatic rings. The Balaban J connectivity index is 1.76. The molecule has 1 saturated heterocycles. The van der Waals surface area contributed by atoms with Gasteiger partial charge in [-0.25, -0.2) is 0 Å². The summed E-state index contributed by atoms with van der Waals surface area (Å²) < 4.78 is 0. The fourth-order valence-electron chi connectivity index (χ4n) is 3.21. The quantitative estimate of drug-likeness (QED) is 0.891. The number of anilines is 2. The number of nitrogens with two attached hydrogens (primary N) is 1. The van der Waals surface area contributed by atoms with Gasteiger partial charge in [-0.1, -0.05) is 12.1 Å². The number of nitrogens with zero attached hydrogens (tertiary/aromatic N) is 1. The molecule has 1 aliphatic carbocycles. The van der Waals surface area contributed by atoms with Crippen LogP contribution in [0.15, 0.2) is 24.3 Å². The van der Waals surface area contributed by atoms with Crippen molar-refractivity contribution in [1.29, 1.82) is 0 Å². The molecule has 1 heterocycles. The highest BCUT2D eigenvalue weighted by Crippen LogP contribution is 2.31. The average Bonchev–Trinajstić information content (AvgIpc) is 3.08. The largest absolute Gasteiger partial charge is 0.328 e. The number of carbonyl (C=O) groups is 2. The summed E-state index contributed by atoms with van der Waals surface area (Å²) in [5, 5.41) is 2.98. The zero-order chi connectivity index (χ0) is 14.8. The molecule has 0 spiro atoms. The smallest absolute Gasteiger partial charge is 0.227 e. The van der Waals surface area contributed by atoms with Crippen molar-refractivity contribution in [3.05, 3.63) is 24.3 Å². The topological polar surface area (TPSA) is 75.4 Å². The Morgan fingerprint density at radius 1 is 1.29 bits per heavy atom. The van der Waals surface area contributed by atoms with E-state index in [-0.39, 0.29) is 23.8 Å². The van der Waals surface area contributed by atoms with Crippen molar-refractivity contribution in [1.82, 2.24) is 0 Å². The van der Waals surface area contributed by atoms with Gasteiger partial charge in [-0.15, -0.1) is 0 Å². The Morgan fingerprint density at radius 3 is 2.76 bits per heavy atom. The number of hydrogen-bond acceptors (Lipinski definition) is 3. The third kappa shape index (κ3) is 2.93. The predicted octanol–water partition coefficient (Wildman–Crippen LogP) is 1.88. The van der Waals surface area contributed by atoms with Crippen LogP contribution in [-0.4, -0.2) is 24.4 Å². The van der Waals surface area contributed by atoms with Crippen LogP contribution in [0.5, 0.6) is 0 Å². The molecule has 2 amide bonds. The van der Waals surface area contributed by atoms with E-state index in [9.17, 15) is 9.59 Å². The molecule has 1 aromatic carbocycles. The van der Waals surface area contributed by atoms with Gasteiger partial charge in [0, 0.05) is 24.9 Å². The van der Waals surface area contributed by atoms with E-state index in [0.29, 0.717) is 6.42 Å². The Morgan fingerprint density at radius 2 is 2.10 bits per heavy atom. The second-order valence-electron chi connectivity index (χ2n) is 5.93. The van der Waals surface area contributed by atoms with Crippen molar-refractivity contribution < 1.29 is 9.59 Å². The third-order valence-electron chi connectivity index (χ3n) is 4.37. The molecule has 1 saturated carbocycles. The maximum atomic E-state index is 12.3. The highest BCUT2D eigenvalue weighted by Gasteiger charge is 2.29. The maximum Gasteiger partial charge on any atom is 0.227 e. The summed E-state index contributed by atoms with van der Waals surface area (Å²) in [7, 11) is 0. The van der Waals surface area contributed by atoms with Crippen LogP contribution in [0, 0.1) is 5.92 Å². The molecule has 3 rings (SSSR count). The fraction of sp³-hybridized carbons (Fsp3) is 0.500.